The van der Waals surface area contributed by atoms with E-state index < -0.39 is 0 Å². The van der Waals surface area contributed by atoms with Gasteiger partial charge in [-0.2, -0.15) is 0 Å². The average molecular weight is 238 g/mol. The fourth-order valence-electron chi connectivity index (χ4n) is 3.64. The standard InChI is InChI=1S/C15H30N2/c1-3-13-5-7-14(8-6-13)11-17-10-9-15(12-17)16-4-2/h13-16H,3-12H2,1-2H3. The van der Waals surface area contributed by atoms with Crippen LogP contribution in [0.3, 0.4) is 0 Å². The minimum absolute atomic E-state index is 0.770. The first kappa shape index (κ1) is 13.4. The highest BCUT2D eigenvalue weighted by Crippen LogP contribution is 2.31. The van der Waals surface area contributed by atoms with Crippen molar-refractivity contribution in [2.45, 2.75) is 58.4 Å². The molecule has 0 spiro atoms. The molecule has 0 aromatic carbocycles. The summed E-state index contributed by atoms with van der Waals surface area (Å²) in [4.78, 5) is 2.70. The summed E-state index contributed by atoms with van der Waals surface area (Å²) in [5, 5.41) is 3.59. The van der Waals surface area contributed by atoms with Crippen molar-refractivity contribution in [1.82, 2.24) is 10.2 Å². The normalized spacial score (nSPS) is 35.3. The Kier molecular flexibility index (Phi) is 5.30. The lowest BCUT2D eigenvalue weighted by molar-refractivity contribution is 0.199. The topological polar surface area (TPSA) is 15.3 Å². The molecule has 0 amide bonds. The van der Waals surface area contributed by atoms with E-state index in [1.807, 2.05) is 0 Å². The Labute approximate surface area is 107 Å². The monoisotopic (exact) mass is 238 g/mol. The van der Waals surface area contributed by atoms with Gasteiger partial charge in [0.05, 0.1) is 0 Å². The van der Waals surface area contributed by atoms with Crippen LogP contribution in [0.5, 0.6) is 0 Å². The van der Waals surface area contributed by atoms with E-state index in [9.17, 15) is 0 Å². The van der Waals surface area contributed by atoms with Gasteiger partial charge < -0.3 is 10.2 Å². The molecule has 2 nitrogen and oxygen atoms in total. The number of hydrogen-bond donors (Lipinski definition) is 1. The van der Waals surface area contributed by atoms with Crippen LogP contribution in [0, 0.1) is 11.8 Å². The van der Waals surface area contributed by atoms with Gasteiger partial charge in [-0.1, -0.05) is 33.1 Å². The number of rotatable bonds is 5. The Morgan fingerprint density at radius 2 is 1.71 bits per heavy atom. The van der Waals surface area contributed by atoms with Crippen molar-refractivity contribution in [3.8, 4) is 0 Å². The van der Waals surface area contributed by atoms with Gasteiger partial charge in [-0.05, 0) is 44.2 Å². The highest BCUT2D eigenvalue weighted by Gasteiger charge is 2.26. The van der Waals surface area contributed by atoms with Crippen LogP contribution in [0.15, 0.2) is 0 Å². The van der Waals surface area contributed by atoms with Crippen molar-refractivity contribution in [3.63, 3.8) is 0 Å². The van der Waals surface area contributed by atoms with Gasteiger partial charge in [-0.25, -0.2) is 0 Å². The summed E-state index contributed by atoms with van der Waals surface area (Å²) >= 11 is 0. The molecule has 1 N–H and O–H groups in total. The Morgan fingerprint density at radius 3 is 2.35 bits per heavy atom. The van der Waals surface area contributed by atoms with Crippen LogP contribution in [-0.2, 0) is 0 Å². The second-order valence-corrected chi connectivity index (χ2v) is 6.10. The third-order valence-corrected chi connectivity index (χ3v) is 4.83. The molecule has 0 bridgehead atoms. The number of hydrogen-bond acceptors (Lipinski definition) is 2. The first-order valence-electron chi connectivity index (χ1n) is 7.77. The lowest BCUT2D eigenvalue weighted by atomic mass is 9.81. The number of nitrogens with one attached hydrogen (secondary N) is 1. The van der Waals surface area contributed by atoms with E-state index in [0.717, 1.165) is 24.4 Å². The molecule has 1 heterocycles. The average Bonchev–Trinajstić information content (AvgIpc) is 2.78. The van der Waals surface area contributed by atoms with E-state index in [0.29, 0.717) is 0 Å². The van der Waals surface area contributed by atoms with Gasteiger partial charge in [-0.3, -0.25) is 0 Å². The highest BCUT2D eigenvalue weighted by atomic mass is 15.2. The van der Waals surface area contributed by atoms with Gasteiger partial charge in [0, 0.05) is 19.1 Å². The summed E-state index contributed by atoms with van der Waals surface area (Å²) in [5.41, 5.74) is 0. The zero-order valence-corrected chi connectivity index (χ0v) is 11.8. The van der Waals surface area contributed by atoms with Gasteiger partial charge >= 0.3 is 0 Å². The maximum atomic E-state index is 3.59. The van der Waals surface area contributed by atoms with Crippen molar-refractivity contribution in [3.05, 3.63) is 0 Å². The Morgan fingerprint density at radius 1 is 1.00 bits per heavy atom. The molecule has 1 saturated heterocycles. The summed E-state index contributed by atoms with van der Waals surface area (Å²) in [6.45, 7) is 9.69. The van der Waals surface area contributed by atoms with Gasteiger partial charge in [0.2, 0.25) is 0 Å². The summed E-state index contributed by atoms with van der Waals surface area (Å²) in [7, 11) is 0. The second kappa shape index (κ2) is 6.75. The SMILES string of the molecule is CCNC1CCN(CC2CCC(CC)CC2)C1. The van der Waals surface area contributed by atoms with Crippen LogP contribution in [0.1, 0.15) is 52.4 Å². The van der Waals surface area contributed by atoms with E-state index in [1.165, 1.54) is 58.2 Å². The maximum Gasteiger partial charge on any atom is 0.0207 e. The fourth-order valence-corrected chi connectivity index (χ4v) is 3.64. The summed E-state index contributed by atoms with van der Waals surface area (Å²) in [6, 6.07) is 0.770. The lowest BCUT2D eigenvalue weighted by Crippen LogP contribution is -2.35. The molecule has 17 heavy (non-hydrogen) atoms. The second-order valence-electron chi connectivity index (χ2n) is 6.10. The highest BCUT2D eigenvalue weighted by molar-refractivity contribution is 4.83. The molecule has 1 atom stereocenters. The van der Waals surface area contributed by atoms with Crippen molar-refractivity contribution in [1.29, 1.82) is 0 Å². The maximum absolute atomic E-state index is 3.59. The van der Waals surface area contributed by atoms with Crippen molar-refractivity contribution < 1.29 is 0 Å². The minimum Gasteiger partial charge on any atom is -0.313 e. The van der Waals surface area contributed by atoms with Gasteiger partial charge in [0.25, 0.3) is 0 Å². The van der Waals surface area contributed by atoms with Gasteiger partial charge in [-0.15, -0.1) is 0 Å². The predicted molar refractivity (Wildman–Crippen MR) is 74.3 cm³/mol. The zero-order chi connectivity index (χ0) is 12.1. The molecule has 2 heteroatoms. The van der Waals surface area contributed by atoms with Crippen molar-refractivity contribution in [2.24, 2.45) is 11.8 Å². The van der Waals surface area contributed by atoms with Crippen LogP contribution >= 0.6 is 0 Å². The summed E-state index contributed by atoms with van der Waals surface area (Å²) < 4.78 is 0. The third-order valence-electron chi connectivity index (χ3n) is 4.83. The van der Waals surface area contributed by atoms with Crippen LogP contribution < -0.4 is 5.32 Å². The Hall–Kier alpha value is -0.0800. The van der Waals surface area contributed by atoms with E-state index in [4.69, 9.17) is 0 Å². The number of likely N-dealkylation sites (tertiary alicyclic amines) is 1. The number of nitrogens with zero attached hydrogens (tertiary/aromatic N) is 1. The molecule has 100 valence electrons. The molecule has 1 unspecified atom stereocenters. The summed E-state index contributed by atoms with van der Waals surface area (Å²) in [5.74, 6) is 2.04. The predicted octanol–water partition coefficient (Wildman–Crippen LogP) is 2.89. The molecular formula is C15H30N2. The molecule has 0 aromatic rings. The molecule has 2 fully saturated rings. The van der Waals surface area contributed by atoms with Gasteiger partial charge in [0.15, 0.2) is 0 Å². The van der Waals surface area contributed by atoms with Crippen LogP contribution in [-0.4, -0.2) is 37.1 Å². The molecule has 1 saturated carbocycles. The van der Waals surface area contributed by atoms with E-state index in [1.54, 1.807) is 0 Å². The van der Waals surface area contributed by atoms with E-state index >= 15 is 0 Å². The molecule has 2 aliphatic rings. The Balaban J connectivity index is 1.65. The van der Waals surface area contributed by atoms with Crippen LogP contribution in [0.25, 0.3) is 0 Å². The molecule has 0 radical (unpaired) electrons. The molecule has 1 aliphatic carbocycles. The van der Waals surface area contributed by atoms with Crippen molar-refractivity contribution >= 4 is 0 Å². The minimum atomic E-state index is 0.770. The largest absolute Gasteiger partial charge is 0.313 e. The zero-order valence-electron chi connectivity index (χ0n) is 11.8. The lowest BCUT2D eigenvalue weighted by Gasteiger charge is -2.30. The van der Waals surface area contributed by atoms with Crippen molar-refractivity contribution in [2.75, 3.05) is 26.2 Å². The molecule has 1 aliphatic heterocycles. The Bertz CT molecular complexity index is 209. The van der Waals surface area contributed by atoms with E-state index in [-0.39, 0.29) is 0 Å². The van der Waals surface area contributed by atoms with Crippen LogP contribution in [0.4, 0.5) is 0 Å². The quantitative estimate of drug-likeness (QED) is 0.792. The first-order valence-corrected chi connectivity index (χ1v) is 7.77. The number of likely N-dealkylation sites (N-methyl/N-ethyl adjacent to an activating group) is 1. The first-order chi connectivity index (χ1) is 8.31. The molecular weight excluding hydrogens is 208 g/mol. The van der Waals surface area contributed by atoms with Gasteiger partial charge in [0.1, 0.15) is 0 Å². The summed E-state index contributed by atoms with van der Waals surface area (Å²) in [6.07, 6.45) is 8.72. The molecule has 0 aromatic heterocycles. The smallest absolute Gasteiger partial charge is 0.0207 e. The van der Waals surface area contributed by atoms with Crippen LogP contribution in [0.2, 0.25) is 0 Å². The third kappa shape index (κ3) is 3.96. The fraction of sp³-hybridized carbons (Fsp3) is 1.00. The molecule has 2 rings (SSSR count). The van der Waals surface area contributed by atoms with E-state index in [2.05, 4.69) is 24.1 Å².